The van der Waals surface area contributed by atoms with Gasteiger partial charge in [-0.2, -0.15) is 0 Å². The molecule has 0 bridgehead atoms. The monoisotopic (exact) mass is 300 g/mol. The van der Waals surface area contributed by atoms with Gasteiger partial charge in [-0.3, -0.25) is 4.79 Å². The van der Waals surface area contributed by atoms with Crippen molar-refractivity contribution < 1.29 is 4.79 Å². The molecule has 0 N–H and O–H groups in total. The first-order valence-electron chi connectivity index (χ1n) is 7.42. The molecule has 1 aromatic heterocycles. The van der Waals surface area contributed by atoms with Gasteiger partial charge in [0.2, 0.25) is 0 Å². The molecule has 3 nitrogen and oxygen atoms in total. The number of rotatable bonds is 3. The van der Waals surface area contributed by atoms with Crippen LogP contribution in [0.25, 0.3) is 0 Å². The van der Waals surface area contributed by atoms with Gasteiger partial charge in [0.15, 0.2) is 5.78 Å². The number of benzene rings is 1. The molecule has 4 heteroatoms. The van der Waals surface area contributed by atoms with Crippen molar-refractivity contribution in [2.24, 2.45) is 0 Å². The van der Waals surface area contributed by atoms with E-state index in [1.54, 1.807) is 0 Å². The van der Waals surface area contributed by atoms with Crippen molar-refractivity contribution in [2.45, 2.75) is 51.9 Å². The molecule has 1 heterocycles. The zero-order valence-electron chi connectivity index (χ0n) is 12.8. The third-order valence-electron chi connectivity index (χ3n) is 3.98. The Hall–Kier alpha value is -1.55. The van der Waals surface area contributed by atoms with Gasteiger partial charge in [-0.25, -0.2) is 0 Å². The van der Waals surface area contributed by atoms with Crippen LogP contribution in [0.3, 0.4) is 0 Å². The molecule has 0 aliphatic heterocycles. The molecule has 1 aliphatic carbocycles. The average Bonchev–Trinajstić information content (AvgIpc) is 3.06. The lowest BCUT2D eigenvalue weighted by atomic mass is 9.90. The largest absolute Gasteiger partial charge is 0.293 e. The number of aromatic nitrogens is 2. The topological polar surface area (TPSA) is 42.9 Å². The van der Waals surface area contributed by atoms with E-state index in [2.05, 4.69) is 48.6 Å². The van der Waals surface area contributed by atoms with Crippen molar-refractivity contribution in [3.63, 3.8) is 0 Å². The van der Waals surface area contributed by atoms with E-state index < -0.39 is 0 Å². The predicted molar refractivity (Wildman–Crippen MR) is 85.1 cm³/mol. The minimum absolute atomic E-state index is 0.132. The van der Waals surface area contributed by atoms with Gasteiger partial charge in [0.25, 0.3) is 0 Å². The van der Waals surface area contributed by atoms with Gasteiger partial charge >= 0.3 is 0 Å². The highest BCUT2D eigenvalue weighted by molar-refractivity contribution is 7.08. The van der Waals surface area contributed by atoms with Crippen molar-refractivity contribution in [3.8, 4) is 0 Å². The molecule has 0 unspecified atom stereocenters. The Morgan fingerprint density at radius 1 is 1.24 bits per heavy atom. The van der Waals surface area contributed by atoms with Crippen LogP contribution in [-0.2, 0) is 24.7 Å². The molecule has 0 spiro atoms. The molecular weight excluding hydrogens is 280 g/mol. The summed E-state index contributed by atoms with van der Waals surface area (Å²) in [6, 6.07) is 6.47. The van der Waals surface area contributed by atoms with Gasteiger partial charge in [-0.15, -0.1) is 5.10 Å². The van der Waals surface area contributed by atoms with Crippen molar-refractivity contribution >= 4 is 17.3 Å². The molecule has 0 saturated heterocycles. The number of Topliss-reactive ketones (excluding diaryl/α,β-unsaturated/α-hetero) is 1. The fourth-order valence-electron chi connectivity index (χ4n) is 2.87. The molecule has 110 valence electrons. The number of hydrogen-bond donors (Lipinski definition) is 0. The maximum absolute atomic E-state index is 12.6. The molecule has 0 saturated carbocycles. The average molecular weight is 300 g/mol. The van der Waals surface area contributed by atoms with Crippen LogP contribution in [0.1, 0.15) is 59.2 Å². The minimum atomic E-state index is -0.143. The van der Waals surface area contributed by atoms with E-state index in [0.29, 0.717) is 11.3 Å². The lowest BCUT2D eigenvalue weighted by Gasteiger charge is -2.16. The maximum Gasteiger partial charge on any atom is 0.180 e. The van der Waals surface area contributed by atoms with Gasteiger partial charge in [-0.1, -0.05) is 43.5 Å². The van der Waals surface area contributed by atoms with Gasteiger partial charge in [0.05, 0.1) is 5.69 Å². The molecule has 0 amide bonds. The van der Waals surface area contributed by atoms with E-state index in [-0.39, 0.29) is 11.2 Å². The fourth-order valence-corrected chi connectivity index (χ4v) is 3.68. The van der Waals surface area contributed by atoms with E-state index in [9.17, 15) is 4.79 Å². The first-order valence-corrected chi connectivity index (χ1v) is 8.19. The predicted octanol–water partition coefficient (Wildman–Crippen LogP) is 3.75. The molecule has 1 aromatic carbocycles. The van der Waals surface area contributed by atoms with E-state index in [1.165, 1.54) is 35.5 Å². The summed E-state index contributed by atoms with van der Waals surface area (Å²) in [4.78, 5) is 13.3. The van der Waals surface area contributed by atoms with E-state index in [1.807, 2.05) is 0 Å². The quantitative estimate of drug-likeness (QED) is 0.811. The number of aryl methyl sites for hydroxylation is 2. The van der Waals surface area contributed by atoms with Crippen molar-refractivity contribution in [1.29, 1.82) is 0 Å². The third kappa shape index (κ3) is 2.91. The Balaban J connectivity index is 1.83. The minimum Gasteiger partial charge on any atom is -0.293 e. The summed E-state index contributed by atoms with van der Waals surface area (Å²) < 4.78 is 3.98. The molecule has 21 heavy (non-hydrogen) atoms. The van der Waals surface area contributed by atoms with Crippen LogP contribution in [0.5, 0.6) is 0 Å². The lowest BCUT2D eigenvalue weighted by molar-refractivity contribution is 0.0994. The third-order valence-corrected chi connectivity index (χ3v) is 4.75. The first kappa shape index (κ1) is 14.4. The summed E-state index contributed by atoms with van der Waals surface area (Å²) in [6.45, 7) is 6.20. The van der Waals surface area contributed by atoms with Crippen LogP contribution < -0.4 is 0 Å². The summed E-state index contributed by atoms with van der Waals surface area (Å²) in [7, 11) is 0. The number of ketones is 1. The summed E-state index contributed by atoms with van der Waals surface area (Å²) in [5.74, 6) is 0.132. The second kappa shape index (κ2) is 5.34. The smallest absolute Gasteiger partial charge is 0.180 e. The lowest BCUT2D eigenvalue weighted by Crippen LogP contribution is -2.17. The van der Waals surface area contributed by atoms with Gasteiger partial charge in [-0.05, 0) is 47.5 Å². The van der Waals surface area contributed by atoms with Crippen molar-refractivity contribution in [3.05, 3.63) is 45.5 Å². The van der Waals surface area contributed by atoms with Crippen LogP contribution >= 0.6 is 11.5 Å². The van der Waals surface area contributed by atoms with E-state index in [4.69, 9.17) is 0 Å². The summed E-state index contributed by atoms with van der Waals surface area (Å²) >= 11 is 1.22. The van der Waals surface area contributed by atoms with Gasteiger partial charge in [0.1, 0.15) is 4.88 Å². The highest BCUT2D eigenvalue weighted by atomic mass is 32.1. The highest BCUT2D eigenvalue weighted by Gasteiger charge is 2.26. The van der Waals surface area contributed by atoms with Crippen LogP contribution in [0.2, 0.25) is 0 Å². The Labute approximate surface area is 129 Å². The number of carbonyl (C=O) groups excluding carboxylic acids is 1. The standard InChI is InChI=1S/C17H20N2OS/c1-17(2,3)16-15(21-19-18-16)14(20)10-11-7-8-12-5-4-6-13(12)9-11/h7-9H,4-6,10H2,1-3H3. The number of fused-ring (bicyclic) bond motifs is 1. The first-order chi connectivity index (χ1) is 9.95. The Morgan fingerprint density at radius 3 is 2.76 bits per heavy atom. The van der Waals surface area contributed by atoms with Gasteiger partial charge < -0.3 is 0 Å². The molecule has 1 aliphatic rings. The molecule has 0 radical (unpaired) electrons. The number of hydrogen-bond acceptors (Lipinski definition) is 4. The second-order valence-corrected chi connectivity index (χ2v) is 7.51. The Morgan fingerprint density at radius 2 is 2.00 bits per heavy atom. The van der Waals surface area contributed by atoms with Crippen LogP contribution in [0.15, 0.2) is 18.2 Å². The summed E-state index contributed by atoms with van der Waals surface area (Å²) in [5, 5.41) is 4.16. The maximum atomic E-state index is 12.6. The SMILES string of the molecule is CC(C)(C)c1nnsc1C(=O)Cc1ccc2c(c1)CCC2. The molecular formula is C17H20N2OS. The normalized spacial score (nSPS) is 14.2. The number of nitrogens with zero attached hydrogens (tertiary/aromatic N) is 2. The summed E-state index contributed by atoms with van der Waals surface area (Å²) in [5.41, 5.74) is 4.64. The van der Waals surface area contributed by atoms with Crippen LogP contribution in [-0.4, -0.2) is 15.4 Å². The number of carbonyl (C=O) groups is 1. The Bertz CT molecular complexity index is 682. The fraction of sp³-hybridized carbons (Fsp3) is 0.471. The van der Waals surface area contributed by atoms with Crippen LogP contribution in [0.4, 0.5) is 0 Å². The zero-order chi connectivity index (χ0) is 15.0. The molecule has 3 rings (SSSR count). The second-order valence-electron chi connectivity index (χ2n) is 6.76. The highest BCUT2D eigenvalue weighted by Crippen LogP contribution is 2.28. The van der Waals surface area contributed by atoms with Crippen molar-refractivity contribution in [2.75, 3.05) is 0 Å². The van der Waals surface area contributed by atoms with Crippen LogP contribution in [0, 0.1) is 0 Å². The van der Waals surface area contributed by atoms with Gasteiger partial charge in [0, 0.05) is 11.8 Å². The summed E-state index contributed by atoms with van der Waals surface area (Å²) in [6.07, 6.45) is 4.00. The Kier molecular flexibility index (Phi) is 3.66. The molecule has 0 atom stereocenters. The van der Waals surface area contributed by atoms with E-state index >= 15 is 0 Å². The van der Waals surface area contributed by atoms with E-state index in [0.717, 1.165) is 17.7 Å². The molecule has 2 aromatic rings. The van der Waals surface area contributed by atoms with Crippen molar-refractivity contribution in [1.82, 2.24) is 9.59 Å². The molecule has 0 fully saturated rings. The zero-order valence-corrected chi connectivity index (χ0v) is 13.6.